The van der Waals surface area contributed by atoms with Gasteiger partial charge in [-0.2, -0.15) is 11.8 Å². The number of carbonyl (C=O) groups excluding carboxylic acids is 3. The molecule has 12 heteroatoms. The molecule has 4 atom stereocenters. The molecule has 0 saturated heterocycles. The minimum absolute atomic E-state index is 0.0131. The second kappa shape index (κ2) is 13.6. The minimum Gasteiger partial charge on any atom is -0.508 e. The summed E-state index contributed by atoms with van der Waals surface area (Å²) in [5.41, 5.74) is 6.30. The standard InChI is InChI=1S/C20H30N4O7S/c1-11(22-18(28)14(21)7-8-32-2)17(27)24-16(10-25)19(29)23-15(20(30)31)9-12-3-5-13(26)6-4-12/h3-6,11,14-16,25-26H,7-10,21H2,1-2H3,(H,22,28)(H,23,29)(H,24,27)(H,30,31). The van der Waals surface area contributed by atoms with Gasteiger partial charge in [0.25, 0.3) is 0 Å². The Morgan fingerprint density at radius 2 is 1.59 bits per heavy atom. The molecule has 0 aliphatic rings. The van der Waals surface area contributed by atoms with Crippen molar-refractivity contribution >= 4 is 35.5 Å². The molecule has 0 aromatic heterocycles. The molecule has 0 saturated carbocycles. The fourth-order valence-electron chi connectivity index (χ4n) is 2.59. The monoisotopic (exact) mass is 470 g/mol. The Kier molecular flexibility index (Phi) is 11.5. The normalized spacial score (nSPS) is 14.5. The average molecular weight is 471 g/mol. The van der Waals surface area contributed by atoms with E-state index in [1.54, 1.807) is 0 Å². The molecular formula is C20H30N4O7S. The van der Waals surface area contributed by atoms with Gasteiger partial charge < -0.3 is 37.0 Å². The number of aliphatic hydroxyl groups is 1. The van der Waals surface area contributed by atoms with Gasteiger partial charge in [0.1, 0.15) is 23.9 Å². The number of rotatable bonds is 13. The van der Waals surface area contributed by atoms with Crippen molar-refractivity contribution in [2.24, 2.45) is 5.73 Å². The van der Waals surface area contributed by atoms with Gasteiger partial charge in [-0.05, 0) is 43.0 Å². The van der Waals surface area contributed by atoms with Crippen LogP contribution in [0.3, 0.4) is 0 Å². The van der Waals surface area contributed by atoms with Crippen molar-refractivity contribution in [1.82, 2.24) is 16.0 Å². The van der Waals surface area contributed by atoms with Crippen LogP contribution in [0.25, 0.3) is 0 Å². The summed E-state index contributed by atoms with van der Waals surface area (Å²) in [7, 11) is 0. The molecule has 1 rings (SSSR count). The third-order valence-corrected chi connectivity index (χ3v) is 5.17. The lowest BCUT2D eigenvalue weighted by atomic mass is 10.1. The zero-order valence-electron chi connectivity index (χ0n) is 17.9. The number of carboxylic acid groups (broad SMARTS) is 1. The number of aromatic hydroxyl groups is 1. The molecule has 8 N–H and O–H groups in total. The zero-order chi connectivity index (χ0) is 24.3. The number of phenols is 1. The number of aliphatic carboxylic acids is 1. The van der Waals surface area contributed by atoms with E-state index in [2.05, 4.69) is 16.0 Å². The van der Waals surface area contributed by atoms with Crippen molar-refractivity contribution in [3.8, 4) is 5.75 Å². The smallest absolute Gasteiger partial charge is 0.326 e. The third kappa shape index (κ3) is 9.12. The SMILES string of the molecule is CSCCC(N)C(=O)NC(C)C(=O)NC(CO)C(=O)NC(Cc1ccc(O)cc1)C(=O)O. The Morgan fingerprint density at radius 1 is 1.00 bits per heavy atom. The Balaban J connectivity index is 2.68. The van der Waals surface area contributed by atoms with E-state index in [-0.39, 0.29) is 12.2 Å². The first-order valence-corrected chi connectivity index (χ1v) is 11.3. The van der Waals surface area contributed by atoms with Gasteiger partial charge in [0, 0.05) is 6.42 Å². The molecule has 11 nitrogen and oxygen atoms in total. The van der Waals surface area contributed by atoms with Crippen molar-refractivity contribution < 1.29 is 34.5 Å². The topological polar surface area (TPSA) is 191 Å². The molecular weight excluding hydrogens is 440 g/mol. The van der Waals surface area contributed by atoms with E-state index in [1.807, 2.05) is 6.26 Å². The molecule has 0 aliphatic carbocycles. The van der Waals surface area contributed by atoms with Gasteiger partial charge in [-0.15, -0.1) is 0 Å². The van der Waals surface area contributed by atoms with Crippen LogP contribution < -0.4 is 21.7 Å². The highest BCUT2D eigenvalue weighted by atomic mass is 32.2. The zero-order valence-corrected chi connectivity index (χ0v) is 18.7. The van der Waals surface area contributed by atoms with Gasteiger partial charge in [-0.1, -0.05) is 12.1 Å². The van der Waals surface area contributed by atoms with Crippen LogP contribution in [0.15, 0.2) is 24.3 Å². The Labute approximate surface area is 190 Å². The summed E-state index contributed by atoms with van der Waals surface area (Å²) in [6.07, 6.45) is 2.23. The maximum atomic E-state index is 12.4. The van der Waals surface area contributed by atoms with Crippen LogP contribution in [-0.2, 0) is 25.6 Å². The maximum absolute atomic E-state index is 12.4. The molecule has 0 fully saturated rings. The quantitative estimate of drug-likeness (QED) is 0.181. The van der Waals surface area contributed by atoms with Crippen LogP contribution in [0.1, 0.15) is 18.9 Å². The van der Waals surface area contributed by atoms with Crippen molar-refractivity contribution in [1.29, 1.82) is 0 Å². The third-order valence-electron chi connectivity index (χ3n) is 4.53. The minimum atomic E-state index is -1.42. The van der Waals surface area contributed by atoms with E-state index in [0.29, 0.717) is 17.7 Å². The number of amides is 3. The lowest BCUT2D eigenvalue weighted by Gasteiger charge is -2.22. The molecule has 178 valence electrons. The van der Waals surface area contributed by atoms with Crippen LogP contribution in [0, 0.1) is 0 Å². The van der Waals surface area contributed by atoms with Crippen LogP contribution in [0.5, 0.6) is 5.75 Å². The van der Waals surface area contributed by atoms with Gasteiger partial charge in [0.05, 0.1) is 12.6 Å². The highest BCUT2D eigenvalue weighted by Gasteiger charge is 2.28. The molecule has 1 aromatic rings. The lowest BCUT2D eigenvalue weighted by Crippen LogP contribution is -2.57. The highest BCUT2D eigenvalue weighted by Crippen LogP contribution is 2.11. The van der Waals surface area contributed by atoms with Crippen molar-refractivity contribution in [3.63, 3.8) is 0 Å². The number of carbonyl (C=O) groups is 4. The first kappa shape index (κ1) is 27.2. The summed E-state index contributed by atoms with van der Waals surface area (Å²) in [5, 5.41) is 35.2. The van der Waals surface area contributed by atoms with Gasteiger partial charge in [0.2, 0.25) is 17.7 Å². The summed E-state index contributed by atoms with van der Waals surface area (Å²) in [6, 6.07) is 1.22. The van der Waals surface area contributed by atoms with Crippen molar-refractivity contribution in [2.75, 3.05) is 18.6 Å². The summed E-state index contributed by atoms with van der Waals surface area (Å²) >= 11 is 1.53. The molecule has 0 aliphatic heterocycles. The second-order valence-electron chi connectivity index (χ2n) is 7.13. The van der Waals surface area contributed by atoms with Crippen LogP contribution in [0.2, 0.25) is 0 Å². The fourth-order valence-corrected chi connectivity index (χ4v) is 3.08. The van der Waals surface area contributed by atoms with Crippen molar-refractivity contribution in [2.45, 2.75) is 43.9 Å². The first-order chi connectivity index (χ1) is 15.1. The predicted molar refractivity (Wildman–Crippen MR) is 119 cm³/mol. The number of nitrogens with one attached hydrogen (secondary N) is 3. The second-order valence-corrected chi connectivity index (χ2v) is 8.12. The first-order valence-electron chi connectivity index (χ1n) is 9.86. The molecule has 0 heterocycles. The Hall–Kier alpha value is -2.83. The van der Waals surface area contributed by atoms with E-state index < -0.39 is 54.5 Å². The number of benzene rings is 1. The number of thioether (sulfide) groups is 1. The average Bonchev–Trinajstić information content (AvgIpc) is 2.76. The summed E-state index contributed by atoms with van der Waals surface area (Å²) in [5.74, 6) is -2.78. The number of aliphatic hydroxyl groups excluding tert-OH is 1. The van der Waals surface area contributed by atoms with Crippen LogP contribution in [0.4, 0.5) is 0 Å². The summed E-state index contributed by atoms with van der Waals surface area (Å²) in [6.45, 7) is 0.614. The highest BCUT2D eigenvalue weighted by molar-refractivity contribution is 7.98. The van der Waals surface area contributed by atoms with Crippen LogP contribution >= 0.6 is 11.8 Å². The lowest BCUT2D eigenvalue weighted by molar-refractivity contribution is -0.142. The molecule has 0 radical (unpaired) electrons. The summed E-state index contributed by atoms with van der Waals surface area (Å²) < 4.78 is 0. The van der Waals surface area contributed by atoms with Gasteiger partial charge in [0.15, 0.2) is 0 Å². The predicted octanol–water partition coefficient (Wildman–Crippen LogP) is -1.43. The number of phenolic OH excluding ortho intramolecular Hbond substituents is 1. The van der Waals surface area contributed by atoms with E-state index in [9.17, 15) is 34.5 Å². The largest absolute Gasteiger partial charge is 0.508 e. The molecule has 4 unspecified atom stereocenters. The van der Waals surface area contributed by atoms with E-state index in [4.69, 9.17) is 5.73 Å². The molecule has 0 bridgehead atoms. The number of hydrogen-bond acceptors (Lipinski definition) is 8. The van der Waals surface area contributed by atoms with Gasteiger partial charge in [-0.3, -0.25) is 14.4 Å². The van der Waals surface area contributed by atoms with Gasteiger partial charge in [-0.25, -0.2) is 4.79 Å². The van der Waals surface area contributed by atoms with Gasteiger partial charge >= 0.3 is 5.97 Å². The summed E-state index contributed by atoms with van der Waals surface area (Å²) in [4.78, 5) is 48.3. The number of carboxylic acids is 1. The van der Waals surface area contributed by atoms with E-state index in [1.165, 1.54) is 43.0 Å². The molecule has 32 heavy (non-hydrogen) atoms. The fraction of sp³-hybridized carbons (Fsp3) is 0.500. The Bertz CT molecular complexity index is 791. The molecule has 1 aromatic carbocycles. The van der Waals surface area contributed by atoms with Crippen LogP contribution in [-0.4, -0.2) is 81.8 Å². The maximum Gasteiger partial charge on any atom is 0.326 e. The van der Waals surface area contributed by atoms with Crippen molar-refractivity contribution in [3.05, 3.63) is 29.8 Å². The van der Waals surface area contributed by atoms with E-state index in [0.717, 1.165) is 0 Å². The molecule has 3 amide bonds. The molecule has 0 spiro atoms. The number of hydrogen-bond donors (Lipinski definition) is 7. The van der Waals surface area contributed by atoms with E-state index >= 15 is 0 Å². The Morgan fingerprint density at radius 3 is 2.12 bits per heavy atom. The number of nitrogens with two attached hydrogens (primary N) is 1.